The minimum Gasteiger partial charge on any atom is -0.334 e. The van der Waals surface area contributed by atoms with Crippen molar-refractivity contribution in [1.82, 2.24) is 14.8 Å². The molecule has 0 N–H and O–H groups in total. The highest BCUT2D eigenvalue weighted by Crippen LogP contribution is 2.34. The van der Waals surface area contributed by atoms with Gasteiger partial charge in [-0.2, -0.15) is 0 Å². The van der Waals surface area contributed by atoms with Gasteiger partial charge in [0.2, 0.25) is 11.8 Å². The van der Waals surface area contributed by atoms with Crippen LogP contribution in [0.4, 0.5) is 11.4 Å². The van der Waals surface area contributed by atoms with Gasteiger partial charge in [-0.25, -0.2) is 4.98 Å². The summed E-state index contributed by atoms with van der Waals surface area (Å²) in [4.78, 5) is 50.7. The molecule has 0 aliphatic carbocycles. The number of carbonyl (C=O) groups is 3. The fraction of sp³-hybridized carbons (Fsp3) is 0.357. The zero-order chi connectivity index (χ0) is 26.2. The van der Waals surface area contributed by atoms with Gasteiger partial charge in [-0.1, -0.05) is 23.7 Å². The van der Waals surface area contributed by atoms with Crippen molar-refractivity contribution in [3.63, 3.8) is 0 Å². The predicted octanol–water partition coefficient (Wildman–Crippen LogP) is 3.49. The van der Waals surface area contributed by atoms with E-state index < -0.39 is 0 Å². The Labute approximate surface area is 230 Å². The Kier molecular flexibility index (Phi) is 6.90. The monoisotopic (exact) mass is 549 g/mol. The Morgan fingerprint density at radius 1 is 1.05 bits per heavy atom. The molecule has 6 rings (SSSR count). The number of hydrogen-bond donors (Lipinski definition) is 0. The lowest BCUT2D eigenvalue weighted by Gasteiger charge is -2.37. The van der Waals surface area contributed by atoms with E-state index in [-0.39, 0.29) is 23.8 Å². The van der Waals surface area contributed by atoms with E-state index in [1.54, 1.807) is 12.3 Å². The number of amides is 3. The molecule has 0 saturated carbocycles. The zero-order valence-electron chi connectivity index (χ0n) is 20.9. The molecule has 3 aliphatic rings. The molecule has 2 fully saturated rings. The maximum Gasteiger partial charge on any atom is 0.282 e. The van der Waals surface area contributed by atoms with Crippen molar-refractivity contribution in [3.8, 4) is 0 Å². The number of nitrogens with zero attached hydrogens (tertiary/aromatic N) is 5. The molecule has 3 aliphatic heterocycles. The van der Waals surface area contributed by atoms with Crippen LogP contribution in [0.2, 0.25) is 5.02 Å². The van der Waals surface area contributed by atoms with E-state index in [1.807, 2.05) is 50.4 Å². The van der Waals surface area contributed by atoms with Gasteiger partial charge in [0.05, 0.1) is 6.42 Å². The van der Waals surface area contributed by atoms with Gasteiger partial charge in [-0.05, 0) is 47.9 Å². The third-order valence-electron chi connectivity index (χ3n) is 7.65. The van der Waals surface area contributed by atoms with Crippen molar-refractivity contribution in [2.45, 2.75) is 25.3 Å². The number of anilines is 2. The Balaban J connectivity index is 1.08. The first-order valence-corrected chi connectivity index (χ1v) is 14.1. The highest BCUT2D eigenvalue weighted by Gasteiger charge is 2.37. The molecule has 0 spiro atoms. The quantitative estimate of drug-likeness (QED) is 0.487. The zero-order valence-corrected chi connectivity index (χ0v) is 22.5. The van der Waals surface area contributed by atoms with Crippen LogP contribution >= 0.6 is 22.9 Å². The molecule has 2 saturated heterocycles. The number of hydrogen-bond acceptors (Lipinski definition) is 6. The summed E-state index contributed by atoms with van der Waals surface area (Å²) in [6.07, 6.45) is 3.20. The van der Waals surface area contributed by atoms with Crippen molar-refractivity contribution in [2.75, 3.05) is 49.1 Å². The number of benzene rings is 2. The van der Waals surface area contributed by atoms with Crippen molar-refractivity contribution < 1.29 is 14.4 Å². The second-order valence-electron chi connectivity index (χ2n) is 9.94. The maximum absolute atomic E-state index is 13.0. The van der Waals surface area contributed by atoms with Gasteiger partial charge in [-0.15, -0.1) is 11.3 Å². The third kappa shape index (κ3) is 4.93. The first-order valence-electron chi connectivity index (χ1n) is 12.9. The van der Waals surface area contributed by atoms with Crippen LogP contribution < -0.4 is 9.80 Å². The fourth-order valence-electron chi connectivity index (χ4n) is 5.67. The summed E-state index contributed by atoms with van der Waals surface area (Å²) in [5.41, 5.74) is 3.80. The van der Waals surface area contributed by atoms with Crippen molar-refractivity contribution in [2.24, 2.45) is 0 Å². The van der Waals surface area contributed by atoms with E-state index in [0.29, 0.717) is 49.1 Å². The normalized spacial score (nSPS) is 19.8. The molecule has 3 aromatic rings. The van der Waals surface area contributed by atoms with E-state index in [1.165, 1.54) is 11.3 Å². The van der Waals surface area contributed by atoms with E-state index in [4.69, 9.17) is 11.6 Å². The highest BCUT2D eigenvalue weighted by molar-refractivity contribution is 7.11. The topological polar surface area (TPSA) is 77.1 Å². The highest BCUT2D eigenvalue weighted by atomic mass is 35.5. The van der Waals surface area contributed by atoms with Crippen LogP contribution in [0.5, 0.6) is 0 Å². The van der Waals surface area contributed by atoms with Gasteiger partial charge >= 0.3 is 0 Å². The number of rotatable bonds is 5. The largest absolute Gasteiger partial charge is 0.334 e. The molecule has 10 heteroatoms. The lowest BCUT2D eigenvalue weighted by Crippen LogP contribution is -2.52. The van der Waals surface area contributed by atoms with Gasteiger partial charge in [-0.3, -0.25) is 19.3 Å². The van der Waals surface area contributed by atoms with Crippen LogP contribution in [0.25, 0.3) is 0 Å². The van der Waals surface area contributed by atoms with E-state index in [2.05, 4.69) is 16.0 Å². The van der Waals surface area contributed by atoms with E-state index in [0.717, 1.165) is 42.0 Å². The molecule has 0 radical (unpaired) electrons. The molecule has 1 aromatic heterocycles. The maximum atomic E-state index is 13.0. The summed E-state index contributed by atoms with van der Waals surface area (Å²) >= 11 is 7.45. The van der Waals surface area contributed by atoms with Crippen molar-refractivity contribution in [1.29, 1.82) is 0 Å². The molecule has 0 bridgehead atoms. The van der Waals surface area contributed by atoms with Gasteiger partial charge in [0.25, 0.3) is 5.91 Å². The molecule has 3 amide bonds. The number of aromatic nitrogens is 1. The molecule has 4 heterocycles. The van der Waals surface area contributed by atoms with Gasteiger partial charge in [0, 0.05) is 79.7 Å². The standard InChI is InChI=1S/C28H28ClN5O3S/c29-21-3-1-2-19(14-21)15-25(35)33-8-6-20-16-22(4-5-24(20)33)34-18-23(17-26(34)36)31-9-11-32(12-10-31)28(37)27-30-7-13-38-27/h1-5,7,13-14,16,23H,6,8-12,15,17-18H2. The minimum atomic E-state index is -0.0120. The average molecular weight is 550 g/mol. The Bertz CT molecular complexity index is 1370. The lowest BCUT2D eigenvalue weighted by atomic mass is 10.1. The van der Waals surface area contributed by atoms with E-state index in [9.17, 15) is 14.4 Å². The smallest absolute Gasteiger partial charge is 0.282 e. The SMILES string of the molecule is O=C(c1nccs1)N1CCN(C2CC(=O)N(c3ccc4c(c3)CCN4C(=O)Cc3cccc(Cl)c3)C2)CC1. The predicted molar refractivity (Wildman–Crippen MR) is 148 cm³/mol. The number of thiazole rings is 1. The van der Waals surface area contributed by atoms with Crippen LogP contribution in [0.15, 0.2) is 54.0 Å². The van der Waals surface area contributed by atoms with Gasteiger partial charge in [0.15, 0.2) is 5.01 Å². The van der Waals surface area contributed by atoms with Gasteiger partial charge < -0.3 is 14.7 Å². The van der Waals surface area contributed by atoms with Gasteiger partial charge in [0.1, 0.15) is 0 Å². The molecular formula is C28H28ClN5O3S. The van der Waals surface area contributed by atoms with Crippen LogP contribution in [0, 0.1) is 0 Å². The van der Waals surface area contributed by atoms with Crippen LogP contribution in [-0.2, 0) is 22.4 Å². The molecule has 38 heavy (non-hydrogen) atoms. The lowest BCUT2D eigenvalue weighted by molar-refractivity contribution is -0.118. The summed E-state index contributed by atoms with van der Waals surface area (Å²) in [7, 11) is 0. The second-order valence-corrected chi connectivity index (χ2v) is 11.3. The Hall–Kier alpha value is -3.27. The number of piperazine rings is 1. The molecule has 2 aromatic carbocycles. The van der Waals surface area contributed by atoms with E-state index >= 15 is 0 Å². The number of fused-ring (bicyclic) bond motifs is 1. The fourth-order valence-corrected chi connectivity index (χ4v) is 6.48. The number of carbonyl (C=O) groups excluding carboxylic acids is 3. The summed E-state index contributed by atoms with van der Waals surface area (Å²) in [5.74, 6) is 0.147. The number of halogens is 1. The summed E-state index contributed by atoms with van der Waals surface area (Å²) in [6, 6.07) is 13.5. The third-order valence-corrected chi connectivity index (χ3v) is 8.65. The Morgan fingerprint density at radius 2 is 1.89 bits per heavy atom. The van der Waals surface area contributed by atoms with Crippen LogP contribution in [-0.4, -0.2) is 77.8 Å². The second kappa shape index (κ2) is 10.5. The molecular weight excluding hydrogens is 522 g/mol. The average Bonchev–Trinajstić information content (AvgIpc) is 3.68. The molecule has 1 atom stereocenters. The molecule has 1 unspecified atom stereocenters. The Morgan fingerprint density at radius 3 is 2.66 bits per heavy atom. The summed E-state index contributed by atoms with van der Waals surface area (Å²) in [6.45, 7) is 4.05. The van der Waals surface area contributed by atoms with Crippen LogP contribution in [0.3, 0.4) is 0 Å². The summed E-state index contributed by atoms with van der Waals surface area (Å²) < 4.78 is 0. The molecule has 8 nitrogen and oxygen atoms in total. The van der Waals surface area contributed by atoms with Crippen molar-refractivity contribution in [3.05, 3.63) is 75.2 Å². The molecule has 196 valence electrons. The van der Waals surface area contributed by atoms with Crippen LogP contribution in [0.1, 0.15) is 27.3 Å². The minimum absolute atomic E-state index is 0.0120. The summed E-state index contributed by atoms with van der Waals surface area (Å²) in [5, 5.41) is 2.97. The first-order chi connectivity index (χ1) is 18.5. The first kappa shape index (κ1) is 25.0. The van der Waals surface area contributed by atoms with Crippen molar-refractivity contribution >= 4 is 52.0 Å².